The van der Waals surface area contributed by atoms with Gasteiger partial charge in [-0.25, -0.2) is 0 Å². The van der Waals surface area contributed by atoms with Crippen molar-refractivity contribution in [1.82, 2.24) is 0 Å². The van der Waals surface area contributed by atoms with E-state index in [2.05, 4.69) is 0 Å². The van der Waals surface area contributed by atoms with Crippen LogP contribution in [0.4, 0.5) is 0 Å². The molecule has 9 heavy (non-hydrogen) atoms. The van der Waals surface area contributed by atoms with E-state index in [1.165, 1.54) is 0 Å². The average molecular weight is 148 g/mol. The van der Waals surface area contributed by atoms with Gasteiger partial charge in [-0.1, -0.05) is 0 Å². The molecule has 0 saturated carbocycles. The van der Waals surface area contributed by atoms with Crippen molar-refractivity contribution >= 4 is 27.8 Å². The first-order valence-corrected chi connectivity index (χ1v) is 3.68. The first kappa shape index (κ1) is 9.43. The van der Waals surface area contributed by atoms with Gasteiger partial charge < -0.3 is 0 Å². The summed E-state index contributed by atoms with van der Waals surface area (Å²) in [5, 5.41) is 16.7. The van der Waals surface area contributed by atoms with Gasteiger partial charge in [0, 0.05) is 0 Å². The van der Waals surface area contributed by atoms with Crippen LogP contribution in [0.3, 0.4) is 0 Å². The summed E-state index contributed by atoms with van der Waals surface area (Å²) in [7, 11) is -4.50. The molecule has 2 unspecified atom stereocenters. The summed E-state index contributed by atoms with van der Waals surface area (Å²) in [6.45, 7) is 0. The standard InChI is InChI=1S/C2H5O5S.Li/c3-1-2(4)8(5,6)7;/h1-4H,(H,5,6,7);. The van der Waals surface area contributed by atoms with Crippen LogP contribution >= 0.6 is 0 Å². The van der Waals surface area contributed by atoms with Crippen LogP contribution in [-0.2, 0) is 10.1 Å². The molecule has 0 fully saturated rings. The number of hydrogen-bond donors (Lipinski definition) is 3. The Bertz CT molecular complexity index is 171. The molecule has 0 aliphatic carbocycles. The molecule has 3 N–H and O–H groups in total. The van der Waals surface area contributed by atoms with Crippen LogP contribution in [0.2, 0.25) is 0 Å². The van der Waals surface area contributed by atoms with Gasteiger partial charge in [-0.15, -0.1) is 0 Å². The van der Waals surface area contributed by atoms with Gasteiger partial charge in [0.1, 0.15) is 0 Å². The summed E-state index contributed by atoms with van der Waals surface area (Å²) in [6.07, 6.45) is 0. The molecule has 0 rings (SSSR count). The monoisotopic (exact) mass is 148 g/mol. The minimum atomic E-state index is -4.50. The Kier molecular flexibility index (Phi) is 3.15. The van der Waals surface area contributed by atoms with Gasteiger partial charge in [-0.3, -0.25) is 0 Å². The molecule has 0 spiro atoms. The first-order valence-electron chi connectivity index (χ1n) is 2.18. The van der Waals surface area contributed by atoms with Gasteiger partial charge in [0.05, 0.1) is 0 Å². The normalized spacial score (nSPS) is 19.2. The number of aliphatic hydroxyl groups excluding tert-OH is 2. The SMILES string of the molecule is [Li][CH](O)C(O)S(=O)(=O)O. The van der Waals surface area contributed by atoms with E-state index < -0.39 is 20.3 Å². The third-order valence-electron chi connectivity index (χ3n) is 0.718. The molecular formula is C2H5LiO5S. The Labute approximate surface area is 61.6 Å². The van der Waals surface area contributed by atoms with E-state index in [1.54, 1.807) is 0 Å². The van der Waals surface area contributed by atoms with Gasteiger partial charge in [-0.05, 0) is 0 Å². The van der Waals surface area contributed by atoms with E-state index in [4.69, 9.17) is 14.8 Å². The Morgan fingerprint density at radius 1 is 1.33 bits per heavy atom. The minimum absolute atomic E-state index is 1.05. The van der Waals surface area contributed by atoms with Crippen molar-refractivity contribution < 1.29 is 23.2 Å². The molecular weight excluding hydrogens is 143 g/mol. The molecule has 7 heteroatoms. The third kappa shape index (κ3) is 3.20. The van der Waals surface area contributed by atoms with Crippen LogP contribution in [0.5, 0.6) is 0 Å². The van der Waals surface area contributed by atoms with Crippen molar-refractivity contribution in [3.8, 4) is 0 Å². The van der Waals surface area contributed by atoms with Gasteiger partial charge in [0.15, 0.2) is 0 Å². The summed E-state index contributed by atoms with van der Waals surface area (Å²) in [5.74, 6) is 0. The molecule has 50 valence electrons. The maximum absolute atomic E-state index is 9.92. The van der Waals surface area contributed by atoms with Crippen molar-refractivity contribution in [3.63, 3.8) is 0 Å². The zero-order valence-corrected chi connectivity index (χ0v) is 5.54. The Balaban J connectivity index is 4.24. The molecule has 0 bridgehead atoms. The van der Waals surface area contributed by atoms with Crippen molar-refractivity contribution in [3.05, 3.63) is 0 Å². The van der Waals surface area contributed by atoms with E-state index in [0.717, 1.165) is 17.7 Å². The fraction of sp³-hybridized carbons (Fsp3) is 1.00. The predicted octanol–water partition coefficient (Wildman–Crippen LogP) is -2.32. The van der Waals surface area contributed by atoms with Gasteiger partial charge in [0.2, 0.25) is 0 Å². The molecule has 0 saturated heterocycles. The van der Waals surface area contributed by atoms with Crippen molar-refractivity contribution in [1.29, 1.82) is 0 Å². The summed E-state index contributed by atoms with van der Waals surface area (Å²) in [4.78, 5) is 0. The van der Waals surface area contributed by atoms with Crippen molar-refractivity contribution in [2.45, 2.75) is 10.2 Å². The van der Waals surface area contributed by atoms with Crippen molar-refractivity contribution in [2.75, 3.05) is 0 Å². The second-order valence-corrected chi connectivity index (χ2v) is 3.16. The summed E-state index contributed by atoms with van der Waals surface area (Å²) in [6, 6.07) is 0. The summed E-state index contributed by atoms with van der Waals surface area (Å²) < 4.78 is 26.4. The van der Waals surface area contributed by atoms with Crippen LogP contribution < -0.4 is 0 Å². The molecule has 0 aliphatic rings. The predicted molar refractivity (Wildman–Crippen MR) is 29.3 cm³/mol. The van der Waals surface area contributed by atoms with Crippen LogP contribution in [0.1, 0.15) is 0 Å². The summed E-state index contributed by atoms with van der Waals surface area (Å²) in [5.41, 5.74) is -2.10. The number of aliphatic hydroxyl groups is 2. The van der Waals surface area contributed by atoms with Crippen LogP contribution in [0.15, 0.2) is 0 Å². The van der Waals surface area contributed by atoms with Crippen LogP contribution in [0.25, 0.3) is 0 Å². The van der Waals surface area contributed by atoms with Crippen molar-refractivity contribution in [2.24, 2.45) is 0 Å². The molecule has 0 aromatic carbocycles. The third-order valence-corrected chi connectivity index (χ3v) is 1.72. The maximum atomic E-state index is 9.92. The average Bonchev–Trinajstić information content (AvgIpc) is 1.62. The van der Waals surface area contributed by atoms with Crippen LogP contribution in [-0.4, -0.2) is 51.1 Å². The quantitative estimate of drug-likeness (QED) is 0.302. The summed E-state index contributed by atoms with van der Waals surface area (Å²) >= 11 is 1.05. The van der Waals surface area contributed by atoms with E-state index in [0.29, 0.717) is 0 Å². The van der Waals surface area contributed by atoms with Gasteiger partial charge in [0.25, 0.3) is 0 Å². The first-order chi connectivity index (χ1) is 3.85. The van der Waals surface area contributed by atoms with E-state index in [9.17, 15) is 8.42 Å². The molecule has 2 atom stereocenters. The Hall–Kier alpha value is 0.427. The van der Waals surface area contributed by atoms with E-state index in [-0.39, 0.29) is 0 Å². The molecule has 0 radical (unpaired) electrons. The molecule has 0 aromatic heterocycles. The Morgan fingerprint density at radius 3 is 1.67 bits per heavy atom. The molecule has 0 heterocycles. The number of rotatable bonds is 2. The van der Waals surface area contributed by atoms with E-state index >= 15 is 0 Å². The van der Waals surface area contributed by atoms with Crippen LogP contribution in [0, 0.1) is 0 Å². The zero-order valence-electron chi connectivity index (χ0n) is 4.72. The molecule has 0 amide bonds. The molecule has 0 aromatic rings. The molecule has 5 nitrogen and oxygen atoms in total. The second-order valence-electron chi connectivity index (χ2n) is 1.65. The zero-order chi connectivity index (χ0) is 7.65. The van der Waals surface area contributed by atoms with Gasteiger partial charge in [-0.2, -0.15) is 0 Å². The fourth-order valence-corrected chi connectivity index (χ4v) is 0.747. The Morgan fingerprint density at radius 2 is 1.67 bits per heavy atom. The molecule has 0 aliphatic heterocycles. The topological polar surface area (TPSA) is 94.8 Å². The second kappa shape index (κ2) is 3.01. The number of hydrogen-bond acceptors (Lipinski definition) is 4. The van der Waals surface area contributed by atoms with E-state index in [1.807, 2.05) is 0 Å². The fourth-order valence-electron chi connectivity index (χ4n) is 0.249. The van der Waals surface area contributed by atoms with Gasteiger partial charge >= 0.3 is 61.2 Å².